The van der Waals surface area contributed by atoms with Crippen LogP contribution in [0.5, 0.6) is 0 Å². The van der Waals surface area contributed by atoms with Gasteiger partial charge in [0.1, 0.15) is 15.0 Å². The second-order valence-electron chi connectivity index (χ2n) is 6.72. The van der Waals surface area contributed by atoms with Crippen LogP contribution >= 0.6 is 34.4 Å². The van der Waals surface area contributed by atoms with Crippen molar-refractivity contribution in [3.8, 4) is 0 Å². The summed E-state index contributed by atoms with van der Waals surface area (Å²) in [6, 6.07) is 9.38. The van der Waals surface area contributed by atoms with Gasteiger partial charge in [0, 0.05) is 26.3 Å². The maximum atomic E-state index is 12.8. The summed E-state index contributed by atoms with van der Waals surface area (Å²) in [5.41, 5.74) is 0.834. The summed E-state index contributed by atoms with van der Waals surface area (Å²) in [5, 5.41) is 25.4. The Labute approximate surface area is 193 Å². The normalized spacial score (nSPS) is 11.8. The standard InChI is InChI=1S/C20H24N6O2S3/c1-13(27)21-12-16(15-6-4-3-5-7-15)19(28)22-20-26-25-18(31-20)9-11-29-10-8-17-24-23-14(2)30-17/h3-7,16H,8-12H2,1-2H3,(H,21,27)(H,22,26,28). The summed E-state index contributed by atoms with van der Waals surface area (Å²) >= 11 is 4.86. The molecule has 0 bridgehead atoms. The molecule has 2 N–H and O–H groups in total. The number of carbonyl (C=O) groups is 2. The van der Waals surface area contributed by atoms with Crippen LogP contribution in [0.25, 0.3) is 0 Å². The zero-order valence-electron chi connectivity index (χ0n) is 17.3. The van der Waals surface area contributed by atoms with Gasteiger partial charge in [-0.3, -0.25) is 14.9 Å². The van der Waals surface area contributed by atoms with Crippen LogP contribution in [0.3, 0.4) is 0 Å². The molecule has 1 atom stereocenters. The van der Waals surface area contributed by atoms with Gasteiger partial charge in [-0.1, -0.05) is 41.7 Å². The Kier molecular flexibility index (Phi) is 8.92. The lowest BCUT2D eigenvalue weighted by molar-refractivity contribution is -0.119. The molecule has 1 aromatic carbocycles. The Hall–Kier alpha value is -2.37. The van der Waals surface area contributed by atoms with E-state index in [9.17, 15) is 9.59 Å². The van der Waals surface area contributed by atoms with Gasteiger partial charge in [0.15, 0.2) is 0 Å². The minimum Gasteiger partial charge on any atom is -0.355 e. The number of benzene rings is 1. The number of amides is 2. The summed E-state index contributed by atoms with van der Waals surface area (Å²) in [4.78, 5) is 24.2. The second kappa shape index (κ2) is 11.9. The molecule has 0 spiro atoms. The molecule has 1 unspecified atom stereocenters. The molecule has 0 saturated heterocycles. The SMILES string of the molecule is CC(=O)NCC(C(=O)Nc1nnc(CCSCCc2nnc(C)s2)s1)c1ccccc1. The summed E-state index contributed by atoms with van der Waals surface area (Å²) in [7, 11) is 0. The first-order chi connectivity index (χ1) is 15.0. The third-order valence-corrected chi connectivity index (χ3v) is 7.04. The number of thioether (sulfide) groups is 1. The van der Waals surface area contributed by atoms with E-state index in [1.165, 1.54) is 18.3 Å². The molecule has 0 fully saturated rings. The average Bonchev–Trinajstić information content (AvgIpc) is 3.37. The van der Waals surface area contributed by atoms with E-state index in [-0.39, 0.29) is 18.4 Å². The van der Waals surface area contributed by atoms with Gasteiger partial charge < -0.3 is 5.32 Å². The lowest BCUT2D eigenvalue weighted by Crippen LogP contribution is -2.33. The molecule has 8 nitrogen and oxygen atoms in total. The Morgan fingerprint density at radius 3 is 2.32 bits per heavy atom. The molecule has 31 heavy (non-hydrogen) atoms. The van der Waals surface area contributed by atoms with Crippen LogP contribution in [0.2, 0.25) is 0 Å². The molecule has 2 amide bonds. The molecule has 0 saturated carbocycles. The van der Waals surface area contributed by atoms with E-state index in [0.29, 0.717) is 5.13 Å². The first-order valence-electron chi connectivity index (χ1n) is 9.80. The number of rotatable bonds is 11. The highest BCUT2D eigenvalue weighted by molar-refractivity contribution is 7.99. The third kappa shape index (κ3) is 7.67. The maximum absolute atomic E-state index is 12.8. The van der Waals surface area contributed by atoms with Crippen LogP contribution in [0.4, 0.5) is 5.13 Å². The van der Waals surface area contributed by atoms with Crippen molar-refractivity contribution in [1.29, 1.82) is 0 Å². The maximum Gasteiger partial charge on any atom is 0.235 e. The smallest absolute Gasteiger partial charge is 0.235 e. The van der Waals surface area contributed by atoms with Crippen molar-refractivity contribution >= 4 is 51.4 Å². The molecule has 0 aliphatic carbocycles. The lowest BCUT2D eigenvalue weighted by atomic mass is 9.98. The molecular weight excluding hydrogens is 452 g/mol. The average molecular weight is 477 g/mol. The Bertz CT molecular complexity index is 992. The van der Waals surface area contributed by atoms with Crippen molar-refractivity contribution in [3.05, 3.63) is 50.9 Å². The van der Waals surface area contributed by atoms with Crippen LogP contribution in [0, 0.1) is 6.92 Å². The summed E-state index contributed by atoms with van der Waals surface area (Å²) in [6.07, 6.45) is 1.71. The van der Waals surface area contributed by atoms with Crippen LogP contribution in [0.15, 0.2) is 30.3 Å². The topological polar surface area (TPSA) is 110 Å². The van der Waals surface area contributed by atoms with Crippen LogP contribution < -0.4 is 10.6 Å². The van der Waals surface area contributed by atoms with E-state index in [1.54, 1.807) is 11.3 Å². The number of hydrogen-bond acceptors (Lipinski definition) is 9. The summed E-state index contributed by atoms with van der Waals surface area (Å²) < 4.78 is 0. The number of nitrogens with one attached hydrogen (secondary N) is 2. The molecule has 3 aromatic rings. The highest BCUT2D eigenvalue weighted by Crippen LogP contribution is 2.21. The number of carbonyl (C=O) groups excluding carboxylic acids is 2. The third-order valence-electron chi connectivity index (χ3n) is 4.26. The fourth-order valence-corrected chi connectivity index (χ4v) is 5.34. The summed E-state index contributed by atoms with van der Waals surface area (Å²) in [5.74, 6) is 1.01. The Morgan fingerprint density at radius 1 is 1.00 bits per heavy atom. The van der Waals surface area contributed by atoms with Crippen molar-refractivity contribution in [2.75, 3.05) is 23.4 Å². The molecular formula is C20H24N6O2S3. The van der Waals surface area contributed by atoms with Crippen molar-refractivity contribution in [2.45, 2.75) is 32.6 Å². The molecule has 0 aliphatic heterocycles. The van der Waals surface area contributed by atoms with Gasteiger partial charge in [-0.05, 0) is 24.0 Å². The molecule has 2 heterocycles. The van der Waals surface area contributed by atoms with Gasteiger partial charge >= 0.3 is 0 Å². The van der Waals surface area contributed by atoms with E-state index in [2.05, 4.69) is 31.0 Å². The Morgan fingerprint density at radius 2 is 1.68 bits per heavy atom. The van der Waals surface area contributed by atoms with Gasteiger partial charge in [0.2, 0.25) is 16.9 Å². The van der Waals surface area contributed by atoms with E-state index in [4.69, 9.17) is 0 Å². The van der Waals surface area contributed by atoms with Crippen molar-refractivity contribution in [1.82, 2.24) is 25.7 Å². The summed E-state index contributed by atoms with van der Waals surface area (Å²) in [6.45, 7) is 3.62. The van der Waals surface area contributed by atoms with Crippen molar-refractivity contribution in [3.63, 3.8) is 0 Å². The van der Waals surface area contributed by atoms with E-state index in [0.717, 1.165) is 44.9 Å². The Balaban J connectivity index is 1.47. The highest BCUT2D eigenvalue weighted by atomic mass is 32.2. The number of nitrogens with zero attached hydrogens (tertiary/aromatic N) is 4. The van der Waals surface area contributed by atoms with E-state index < -0.39 is 5.92 Å². The van der Waals surface area contributed by atoms with Gasteiger partial charge in [0.25, 0.3) is 0 Å². The zero-order chi connectivity index (χ0) is 22.1. The van der Waals surface area contributed by atoms with E-state index in [1.807, 2.05) is 49.0 Å². The quantitative estimate of drug-likeness (QED) is 0.409. The van der Waals surface area contributed by atoms with Crippen LogP contribution in [-0.4, -0.2) is 50.3 Å². The van der Waals surface area contributed by atoms with Crippen LogP contribution in [0.1, 0.15) is 33.4 Å². The lowest BCUT2D eigenvalue weighted by Gasteiger charge is -2.16. The molecule has 3 rings (SSSR count). The zero-order valence-corrected chi connectivity index (χ0v) is 19.8. The van der Waals surface area contributed by atoms with Gasteiger partial charge in [0.05, 0.1) is 5.92 Å². The fraction of sp³-hybridized carbons (Fsp3) is 0.400. The first kappa shape index (κ1) is 23.3. The van der Waals surface area contributed by atoms with Crippen LogP contribution in [-0.2, 0) is 22.4 Å². The molecule has 0 radical (unpaired) electrons. The number of aromatic nitrogens is 4. The fourth-order valence-electron chi connectivity index (χ4n) is 2.75. The van der Waals surface area contributed by atoms with Gasteiger partial charge in [-0.2, -0.15) is 11.8 Å². The largest absolute Gasteiger partial charge is 0.355 e. The molecule has 0 aliphatic rings. The minimum absolute atomic E-state index is 0.175. The minimum atomic E-state index is -0.503. The highest BCUT2D eigenvalue weighted by Gasteiger charge is 2.22. The number of hydrogen-bond donors (Lipinski definition) is 2. The van der Waals surface area contributed by atoms with E-state index >= 15 is 0 Å². The van der Waals surface area contributed by atoms with Gasteiger partial charge in [-0.25, -0.2) is 0 Å². The number of aryl methyl sites for hydroxylation is 3. The van der Waals surface area contributed by atoms with Gasteiger partial charge in [-0.15, -0.1) is 31.7 Å². The predicted octanol–water partition coefficient (Wildman–Crippen LogP) is 3.07. The first-order valence-corrected chi connectivity index (χ1v) is 12.6. The second-order valence-corrected chi connectivity index (χ2v) is 10.3. The predicted molar refractivity (Wildman–Crippen MR) is 126 cm³/mol. The van der Waals surface area contributed by atoms with Crippen molar-refractivity contribution in [2.24, 2.45) is 0 Å². The number of anilines is 1. The molecule has 11 heteroatoms. The molecule has 2 aromatic heterocycles. The van der Waals surface area contributed by atoms with Crippen molar-refractivity contribution < 1.29 is 9.59 Å². The monoisotopic (exact) mass is 476 g/mol. The molecule has 164 valence electrons.